The Morgan fingerprint density at radius 3 is 2.49 bits per heavy atom. The molecule has 1 N–H and O–H groups in total. The van der Waals surface area contributed by atoms with Crippen molar-refractivity contribution in [1.82, 2.24) is 8.87 Å². The van der Waals surface area contributed by atoms with E-state index in [4.69, 9.17) is 0 Å². The first-order valence-electron chi connectivity index (χ1n) is 13.3. The average Bonchev–Trinajstić information content (AvgIpc) is 3.51. The summed E-state index contributed by atoms with van der Waals surface area (Å²) in [7, 11) is 6.37. The van der Waals surface area contributed by atoms with Crippen molar-refractivity contribution < 1.29 is 14.7 Å². The molecule has 2 aromatic heterocycles. The first kappa shape index (κ1) is 27.6. The summed E-state index contributed by atoms with van der Waals surface area (Å²) in [6.07, 6.45) is 0. The Morgan fingerprint density at radius 1 is 1.02 bits per heavy atom. The SMILES string of the molecule is Cc1ccc(Sn2c(-c3cccc(N4CC(C(=O)O)C4)c3)c(-c3ccsc3C(=O)N(C)C)c3cc(P)ccc32)cc1. The van der Waals surface area contributed by atoms with Crippen LogP contribution < -0.4 is 10.2 Å². The first-order valence-corrected chi connectivity index (χ1v) is 15.5. The van der Waals surface area contributed by atoms with E-state index >= 15 is 0 Å². The number of carboxylic acids is 1. The van der Waals surface area contributed by atoms with E-state index < -0.39 is 5.97 Å². The monoisotopic (exact) mass is 599 g/mol. The van der Waals surface area contributed by atoms with Crippen molar-refractivity contribution in [2.24, 2.45) is 5.92 Å². The molecule has 9 heteroatoms. The minimum absolute atomic E-state index is 0.0240. The lowest BCUT2D eigenvalue weighted by molar-refractivity contribution is -0.142. The standard InChI is InChI=1S/C32H30N3O3PS2/c1-19-7-10-24(11-8-19)41-35-27-12-9-23(39)16-26(27)28(25-13-14-40-30(25)31(36)33(2)3)29(35)20-5-4-6-22(15-20)34-17-21(18-34)32(37)38/h4-16,21H,17-18,39H2,1-3H3,(H,37,38). The number of fused-ring (bicyclic) bond motifs is 1. The molecule has 0 bridgehead atoms. The second kappa shape index (κ2) is 11.0. The third-order valence-corrected chi connectivity index (χ3v) is 9.72. The molecule has 6 nitrogen and oxygen atoms in total. The Hall–Kier alpha value is -3.58. The fourth-order valence-corrected chi connectivity index (χ4v) is 7.38. The van der Waals surface area contributed by atoms with E-state index in [1.807, 2.05) is 23.6 Å². The quantitative estimate of drug-likeness (QED) is 0.213. The van der Waals surface area contributed by atoms with Gasteiger partial charge in [0.15, 0.2) is 0 Å². The molecular weight excluding hydrogens is 569 g/mol. The lowest BCUT2D eigenvalue weighted by atomic mass is 9.96. The normalized spacial score (nSPS) is 13.4. The average molecular weight is 600 g/mol. The first-order chi connectivity index (χ1) is 19.7. The molecule has 6 rings (SSSR count). The van der Waals surface area contributed by atoms with Gasteiger partial charge in [0, 0.05) is 59.8 Å². The van der Waals surface area contributed by atoms with Gasteiger partial charge in [0.25, 0.3) is 5.91 Å². The fraction of sp³-hybridized carbons (Fsp3) is 0.188. The number of thiophene rings is 1. The van der Waals surface area contributed by atoms with Gasteiger partial charge in [-0.1, -0.05) is 35.9 Å². The van der Waals surface area contributed by atoms with Crippen LogP contribution in [0.3, 0.4) is 0 Å². The highest BCUT2D eigenvalue weighted by atomic mass is 32.2. The smallest absolute Gasteiger partial charge is 0.310 e. The van der Waals surface area contributed by atoms with Crippen LogP contribution in [0.4, 0.5) is 5.69 Å². The molecule has 1 amide bonds. The lowest BCUT2D eigenvalue weighted by Gasteiger charge is -2.38. The molecule has 3 aromatic carbocycles. The van der Waals surface area contributed by atoms with Gasteiger partial charge in [0.1, 0.15) is 0 Å². The molecule has 1 saturated heterocycles. The predicted octanol–water partition coefficient (Wildman–Crippen LogP) is 6.62. The van der Waals surface area contributed by atoms with Crippen molar-refractivity contribution in [2.45, 2.75) is 11.8 Å². The van der Waals surface area contributed by atoms with Crippen LogP contribution in [0.5, 0.6) is 0 Å². The number of hydrogen-bond donors (Lipinski definition) is 1. The van der Waals surface area contributed by atoms with E-state index in [2.05, 4.69) is 79.6 Å². The predicted molar refractivity (Wildman–Crippen MR) is 174 cm³/mol. The Bertz CT molecular complexity index is 1790. The maximum atomic E-state index is 13.3. The molecule has 3 heterocycles. The number of anilines is 1. The van der Waals surface area contributed by atoms with Crippen molar-refractivity contribution in [1.29, 1.82) is 0 Å². The molecule has 5 aromatic rings. The zero-order chi connectivity index (χ0) is 28.8. The van der Waals surface area contributed by atoms with E-state index in [0.717, 1.165) is 49.2 Å². The number of benzene rings is 3. The highest BCUT2D eigenvalue weighted by Crippen LogP contribution is 2.47. The van der Waals surface area contributed by atoms with Crippen LogP contribution in [0, 0.1) is 12.8 Å². The topological polar surface area (TPSA) is 65.8 Å². The Morgan fingerprint density at radius 2 is 1.78 bits per heavy atom. The zero-order valence-electron chi connectivity index (χ0n) is 23.0. The summed E-state index contributed by atoms with van der Waals surface area (Å²) in [6, 6.07) is 25.3. The van der Waals surface area contributed by atoms with Gasteiger partial charge in [-0.05, 0) is 72.0 Å². The van der Waals surface area contributed by atoms with Gasteiger partial charge in [-0.15, -0.1) is 20.6 Å². The summed E-state index contributed by atoms with van der Waals surface area (Å²) in [5.74, 6) is -1.12. The molecule has 1 unspecified atom stereocenters. The van der Waals surface area contributed by atoms with Crippen molar-refractivity contribution in [3.63, 3.8) is 0 Å². The Kier molecular flexibility index (Phi) is 7.41. The number of hydrogen-bond acceptors (Lipinski definition) is 5. The molecular formula is C32H30N3O3PS2. The van der Waals surface area contributed by atoms with E-state index in [1.165, 1.54) is 16.9 Å². The maximum Gasteiger partial charge on any atom is 0.310 e. The summed E-state index contributed by atoms with van der Waals surface area (Å²) < 4.78 is 2.27. The third-order valence-electron chi connectivity index (χ3n) is 7.42. The van der Waals surface area contributed by atoms with E-state index in [0.29, 0.717) is 18.0 Å². The van der Waals surface area contributed by atoms with Gasteiger partial charge in [-0.2, -0.15) is 0 Å². The van der Waals surface area contributed by atoms with Gasteiger partial charge in [-0.3, -0.25) is 13.6 Å². The highest BCUT2D eigenvalue weighted by molar-refractivity contribution is 7.98. The van der Waals surface area contributed by atoms with E-state index in [1.54, 1.807) is 30.9 Å². The van der Waals surface area contributed by atoms with Gasteiger partial charge in [0.2, 0.25) is 0 Å². The molecule has 1 atom stereocenters. The van der Waals surface area contributed by atoms with Gasteiger partial charge in [-0.25, -0.2) is 0 Å². The number of aromatic nitrogens is 1. The maximum absolute atomic E-state index is 13.3. The Labute approximate surface area is 249 Å². The number of carboxylic acid groups (broad SMARTS) is 1. The van der Waals surface area contributed by atoms with E-state index in [9.17, 15) is 14.7 Å². The second-order valence-corrected chi connectivity index (χ2v) is 13.2. The Balaban J connectivity index is 1.60. The number of amides is 1. The van der Waals surface area contributed by atoms with Gasteiger partial charge < -0.3 is 14.9 Å². The van der Waals surface area contributed by atoms with Crippen LogP contribution in [0.25, 0.3) is 33.3 Å². The van der Waals surface area contributed by atoms with Crippen molar-refractivity contribution in [2.75, 3.05) is 32.1 Å². The van der Waals surface area contributed by atoms with Crippen molar-refractivity contribution >= 4 is 66.3 Å². The minimum Gasteiger partial charge on any atom is -0.481 e. The number of rotatable bonds is 7. The van der Waals surface area contributed by atoms with Gasteiger partial charge in [0.05, 0.1) is 22.0 Å². The second-order valence-electron chi connectivity index (χ2n) is 10.6. The van der Waals surface area contributed by atoms with E-state index in [-0.39, 0.29) is 11.8 Å². The van der Waals surface area contributed by atoms with Crippen LogP contribution in [0.1, 0.15) is 15.2 Å². The van der Waals surface area contributed by atoms with Crippen LogP contribution in [0.15, 0.2) is 83.1 Å². The molecule has 208 valence electrons. The number of nitrogens with zero attached hydrogens (tertiary/aromatic N) is 3. The zero-order valence-corrected chi connectivity index (χ0v) is 25.8. The summed E-state index contributed by atoms with van der Waals surface area (Å²) in [5, 5.41) is 13.5. The molecule has 41 heavy (non-hydrogen) atoms. The minimum atomic E-state index is -0.752. The number of aliphatic carboxylic acids is 1. The summed E-state index contributed by atoms with van der Waals surface area (Å²) >= 11 is 3.12. The van der Waals surface area contributed by atoms with Crippen molar-refractivity contribution in [3.05, 3.63) is 88.6 Å². The molecule has 0 saturated carbocycles. The molecule has 0 spiro atoms. The van der Waals surface area contributed by atoms with Crippen molar-refractivity contribution in [3.8, 4) is 22.4 Å². The fourth-order valence-electron chi connectivity index (χ4n) is 5.18. The highest BCUT2D eigenvalue weighted by Gasteiger charge is 2.33. The molecule has 1 aliphatic heterocycles. The number of carbonyl (C=O) groups is 2. The van der Waals surface area contributed by atoms with Crippen LogP contribution in [0.2, 0.25) is 0 Å². The molecule has 0 radical (unpaired) electrons. The van der Waals surface area contributed by atoms with Crippen LogP contribution in [-0.2, 0) is 4.79 Å². The third kappa shape index (κ3) is 5.16. The van der Waals surface area contributed by atoms with Crippen LogP contribution in [-0.4, -0.2) is 53.0 Å². The van der Waals surface area contributed by atoms with Gasteiger partial charge >= 0.3 is 5.97 Å². The molecule has 1 fully saturated rings. The van der Waals surface area contributed by atoms with Crippen LogP contribution >= 0.6 is 32.5 Å². The molecule has 1 aliphatic rings. The summed E-state index contributed by atoms with van der Waals surface area (Å²) in [5.41, 5.74) is 7.18. The largest absolute Gasteiger partial charge is 0.481 e. The number of aryl methyl sites for hydroxylation is 1. The number of carbonyl (C=O) groups excluding carboxylic acids is 1. The molecule has 0 aliphatic carbocycles. The summed E-state index contributed by atoms with van der Waals surface area (Å²) in [4.78, 5) is 30.3. The lowest BCUT2D eigenvalue weighted by Crippen LogP contribution is -2.50. The summed E-state index contributed by atoms with van der Waals surface area (Å²) in [6.45, 7) is 3.07.